The second-order valence-electron chi connectivity index (χ2n) is 4.47. The lowest BCUT2D eigenvalue weighted by Crippen LogP contribution is -2.37. The first-order valence-electron chi connectivity index (χ1n) is 6.04. The van der Waals surface area contributed by atoms with Crippen LogP contribution in [-0.4, -0.2) is 36.9 Å². The van der Waals surface area contributed by atoms with E-state index >= 15 is 0 Å². The molecule has 0 aromatic heterocycles. The highest BCUT2D eigenvalue weighted by atomic mass is 16.5. The highest BCUT2D eigenvalue weighted by Crippen LogP contribution is 2.16. The van der Waals surface area contributed by atoms with Crippen LogP contribution in [-0.2, 0) is 16.0 Å². The maximum atomic E-state index is 11.9. The molecule has 4 N–H and O–H groups in total. The summed E-state index contributed by atoms with van der Waals surface area (Å²) in [5, 5.41) is 11.6. The van der Waals surface area contributed by atoms with Crippen LogP contribution >= 0.6 is 0 Å². The largest absolute Gasteiger partial charge is 0.396 e. The summed E-state index contributed by atoms with van der Waals surface area (Å²) in [6.45, 7) is 0.948. The molecule has 2 atom stereocenters. The van der Waals surface area contributed by atoms with E-state index in [9.17, 15) is 4.79 Å². The minimum atomic E-state index is -0.276. The van der Waals surface area contributed by atoms with Crippen LogP contribution in [0.1, 0.15) is 5.56 Å². The molecular weight excluding hydrogens is 232 g/mol. The summed E-state index contributed by atoms with van der Waals surface area (Å²) in [7, 11) is 0. The average Bonchev–Trinajstić information content (AvgIpc) is 2.78. The number of hydrogen-bond acceptors (Lipinski definition) is 4. The molecule has 0 radical (unpaired) electrons. The lowest BCUT2D eigenvalue weighted by Gasteiger charge is -2.13. The van der Waals surface area contributed by atoms with Crippen LogP contribution in [0.2, 0.25) is 0 Å². The maximum Gasteiger partial charge on any atom is 0.231 e. The van der Waals surface area contributed by atoms with E-state index in [4.69, 9.17) is 15.6 Å². The quantitative estimate of drug-likeness (QED) is 0.709. The van der Waals surface area contributed by atoms with Crippen molar-refractivity contribution in [3.8, 4) is 0 Å². The smallest absolute Gasteiger partial charge is 0.231 e. The van der Waals surface area contributed by atoms with Crippen molar-refractivity contribution in [1.82, 2.24) is 0 Å². The molecule has 1 aliphatic rings. The number of hydrogen-bond donors (Lipinski definition) is 3. The number of aliphatic hydroxyl groups excluding tert-OH is 1. The van der Waals surface area contributed by atoms with Gasteiger partial charge in [0.25, 0.3) is 0 Å². The van der Waals surface area contributed by atoms with Gasteiger partial charge in [0, 0.05) is 18.3 Å². The fourth-order valence-corrected chi connectivity index (χ4v) is 1.96. The number of anilines is 1. The van der Waals surface area contributed by atoms with Crippen LogP contribution in [0.25, 0.3) is 0 Å². The van der Waals surface area contributed by atoms with Gasteiger partial charge in [0.05, 0.1) is 19.1 Å². The monoisotopic (exact) mass is 250 g/mol. The summed E-state index contributed by atoms with van der Waals surface area (Å²) in [5.41, 5.74) is 7.56. The van der Waals surface area contributed by atoms with Crippen molar-refractivity contribution in [1.29, 1.82) is 0 Å². The van der Waals surface area contributed by atoms with E-state index in [1.165, 1.54) is 0 Å². The molecule has 0 saturated carbocycles. The molecule has 0 aliphatic carbocycles. The standard InChI is InChI=1S/C13H18N2O3/c14-12-8-18-7-11(12)13(17)15-10-3-1-9(2-4-10)5-6-16/h1-4,11-12,16H,5-8,14H2,(H,15,17). The van der Waals surface area contributed by atoms with Crippen molar-refractivity contribution in [3.05, 3.63) is 29.8 Å². The molecule has 0 spiro atoms. The predicted molar refractivity (Wildman–Crippen MR) is 68.1 cm³/mol. The van der Waals surface area contributed by atoms with E-state index < -0.39 is 0 Å². The van der Waals surface area contributed by atoms with Crippen molar-refractivity contribution in [2.75, 3.05) is 25.1 Å². The Hall–Kier alpha value is -1.43. The number of amides is 1. The number of aliphatic hydroxyl groups is 1. The highest BCUT2D eigenvalue weighted by Gasteiger charge is 2.31. The van der Waals surface area contributed by atoms with Crippen molar-refractivity contribution in [2.45, 2.75) is 12.5 Å². The van der Waals surface area contributed by atoms with E-state index in [0.717, 1.165) is 11.3 Å². The van der Waals surface area contributed by atoms with Crippen LogP contribution in [0.3, 0.4) is 0 Å². The van der Waals surface area contributed by atoms with E-state index in [0.29, 0.717) is 19.6 Å². The van der Waals surface area contributed by atoms with Crippen LogP contribution < -0.4 is 11.1 Å². The normalized spacial score (nSPS) is 23.0. The van der Waals surface area contributed by atoms with Gasteiger partial charge in [-0.15, -0.1) is 0 Å². The summed E-state index contributed by atoms with van der Waals surface area (Å²) in [4.78, 5) is 11.9. The Kier molecular flexibility index (Phi) is 4.30. The molecular formula is C13H18N2O3. The number of carbonyl (C=O) groups is 1. The molecule has 98 valence electrons. The zero-order chi connectivity index (χ0) is 13.0. The highest BCUT2D eigenvalue weighted by molar-refractivity contribution is 5.93. The number of ether oxygens (including phenoxy) is 1. The molecule has 18 heavy (non-hydrogen) atoms. The lowest BCUT2D eigenvalue weighted by atomic mass is 10.0. The van der Waals surface area contributed by atoms with Gasteiger partial charge >= 0.3 is 0 Å². The van der Waals surface area contributed by atoms with Gasteiger partial charge in [0.15, 0.2) is 0 Å². The molecule has 1 aliphatic heterocycles. The Labute approximate surface area is 106 Å². The summed E-state index contributed by atoms with van der Waals surface area (Å²) in [5.74, 6) is -0.378. The van der Waals surface area contributed by atoms with Gasteiger partial charge in [0.1, 0.15) is 0 Å². The summed E-state index contributed by atoms with van der Waals surface area (Å²) >= 11 is 0. The summed E-state index contributed by atoms with van der Waals surface area (Å²) in [6, 6.07) is 7.20. The number of rotatable bonds is 4. The topological polar surface area (TPSA) is 84.6 Å². The molecule has 2 rings (SSSR count). The van der Waals surface area contributed by atoms with Gasteiger partial charge in [-0.2, -0.15) is 0 Å². The third-order valence-corrected chi connectivity index (χ3v) is 3.08. The van der Waals surface area contributed by atoms with Crippen molar-refractivity contribution in [3.63, 3.8) is 0 Å². The molecule has 1 fully saturated rings. The molecule has 1 aromatic rings. The number of benzene rings is 1. The Morgan fingerprint density at radius 1 is 1.39 bits per heavy atom. The van der Waals surface area contributed by atoms with E-state index in [2.05, 4.69) is 5.32 Å². The van der Waals surface area contributed by atoms with Gasteiger partial charge in [-0.05, 0) is 24.1 Å². The number of carbonyl (C=O) groups excluding carboxylic acids is 1. The fourth-order valence-electron chi connectivity index (χ4n) is 1.96. The van der Waals surface area contributed by atoms with Crippen LogP contribution in [0.15, 0.2) is 24.3 Å². The summed E-state index contributed by atoms with van der Waals surface area (Å²) < 4.78 is 5.17. The minimum Gasteiger partial charge on any atom is -0.396 e. The molecule has 1 amide bonds. The lowest BCUT2D eigenvalue weighted by molar-refractivity contribution is -0.120. The molecule has 1 heterocycles. The van der Waals surface area contributed by atoms with Gasteiger partial charge in [-0.25, -0.2) is 0 Å². The zero-order valence-electron chi connectivity index (χ0n) is 10.1. The Balaban J connectivity index is 1.94. The fraction of sp³-hybridized carbons (Fsp3) is 0.462. The summed E-state index contributed by atoms with van der Waals surface area (Å²) in [6.07, 6.45) is 0.621. The Bertz CT molecular complexity index is 405. The Morgan fingerprint density at radius 3 is 2.67 bits per heavy atom. The first-order valence-corrected chi connectivity index (χ1v) is 6.04. The molecule has 5 nitrogen and oxygen atoms in total. The molecule has 1 saturated heterocycles. The van der Waals surface area contributed by atoms with Crippen LogP contribution in [0.4, 0.5) is 5.69 Å². The molecule has 2 unspecified atom stereocenters. The predicted octanol–water partition coefficient (Wildman–Crippen LogP) is 0.134. The van der Waals surface area contributed by atoms with Crippen LogP contribution in [0, 0.1) is 5.92 Å². The number of nitrogens with one attached hydrogen (secondary N) is 1. The Morgan fingerprint density at radius 2 is 2.11 bits per heavy atom. The van der Waals surface area contributed by atoms with E-state index in [1.54, 1.807) is 0 Å². The van der Waals surface area contributed by atoms with E-state index in [1.807, 2.05) is 24.3 Å². The minimum absolute atomic E-state index is 0.102. The first-order chi connectivity index (χ1) is 8.70. The van der Waals surface area contributed by atoms with Gasteiger partial charge in [-0.3, -0.25) is 4.79 Å². The van der Waals surface area contributed by atoms with E-state index in [-0.39, 0.29) is 24.5 Å². The van der Waals surface area contributed by atoms with Gasteiger partial charge in [-0.1, -0.05) is 12.1 Å². The SMILES string of the molecule is NC1COCC1C(=O)Nc1ccc(CCO)cc1. The maximum absolute atomic E-state index is 11.9. The van der Waals surface area contributed by atoms with Crippen molar-refractivity contribution < 1.29 is 14.6 Å². The molecule has 1 aromatic carbocycles. The molecule has 0 bridgehead atoms. The third-order valence-electron chi connectivity index (χ3n) is 3.08. The average molecular weight is 250 g/mol. The second-order valence-corrected chi connectivity index (χ2v) is 4.47. The van der Waals surface area contributed by atoms with Crippen molar-refractivity contribution in [2.24, 2.45) is 11.7 Å². The zero-order valence-corrected chi connectivity index (χ0v) is 10.1. The van der Waals surface area contributed by atoms with Gasteiger partial charge in [0.2, 0.25) is 5.91 Å². The number of nitrogens with two attached hydrogens (primary N) is 1. The van der Waals surface area contributed by atoms with Gasteiger partial charge < -0.3 is 20.9 Å². The van der Waals surface area contributed by atoms with Crippen LogP contribution in [0.5, 0.6) is 0 Å². The van der Waals surface area contributed by atoms with Crippen molar-refractivity contribution >= 4 is 11.6 Å². The first kappa shape index (κ1) is 13.0. The second kappa shape index (κ2) is 5.95. The molecule has 5 heteroatoms. The third kappa shape index (κ3) is 3.07.